The normalized spacial score (nSPS) is 23.0. The average Bonchev–Trinajstić information content (AvgIpc) is 2.70. The lowest BCUT2D eigenvalue weighted by atomic mass is 9.86. The van der Waals surface area contributed by atoms with Gasteiger partial charge in [-0.05, 0) is 55.7 Å². The average molecular weight is 380 g/mol. The van der Waals surface area contributed by atoms with E-state index in [1.165, 1.54) is 19.3 Å². The second kappa shape index (κ2) is 7.80. The number of nitrogen functional groups attached to an aromatic ring is 1. The van der Waals surface area contributed by atoms with E-state index in [0.29, 0.717) is 19.1 Å². The highest BCUT2D eigenvalue weighted by Gasteiger charge is 2.32. The molecule has 28 heavy (non-hydrogen) atoms. The van der Waals surface area contributed by atoms with Crippen LogP contribution in [0.15, 0.2) is 42.2 Å². The first-order valence-corrected chi connectivity index (χ1v) is 10.2. The van der Waals surface area contributed by atoms with Gasteiger partial charge in [0.2, 0.25) is 5.95 Å². The molecule has 0 radical (unpaired) electrons. The maximum absolute atomic E-state index is 9.76. The minimum Gasteiger partial charge on any atom is -0.508 e. The van der Waals surface area contributed by atoms with Crippen LogP contribution in [0.5, 0.6) is 0 Å². The lowest BCUT2D eigenvalue weighted by Crippen LogP contribution is -2.29. The van der Waals surface area contributed by atoms with Crippen LogP contribution in [-0.4, -0.2) is 27.7 Å². The highest BCUT2D eigenvalue weighted by atomic mass is 16.5. The zero-order valence-corrected chi connectivity index (χ0v) is 16.3. The van der Waals surface area contributed by atoms with E-state index in [2.05, 4.69) is 21.4 Å². The molecule has 6 nitrogen and oxygen atoms in total. The predicted molar refractivity (Wildman–Crippen MR) is 112 cm³/mol. The van der Waals surface area contributed by atoms with Crippen LogP contribution < -0.4 is 11.1 Å². The van der Waals surface area contributed by atoms with Crippen LogP contribution in [0.4, 0.5) is 11.8 Å². The number of nitrogens with zero attached hydrogens (tertiary/aromatic N) is 2. The van der Waals surface area contributed by atoms with Crippen molar-refractivity contribution in [1.82, 2.24) is 9.97 Å². The van der Waals surface area contributed by atoms with Crippen LogP contribution in [0.25, 0.3) is 10.9 Å². The fourth-order valence-corrected chi connectivity index (χ4v) is 4.23. The van der Waals surface area contributed by atoms with Crippen molar-refractivity contribution in [2.75, 3.05) is 17.7 Å². The molecule has 1 unspecified atom stereocenters. The van der Waals surface area contributed by atoms with Crippen molar-refractivity contribution in [1.29, 1.82) is 0 Å². The Bertz CT molecular complexity index is 918. The second-order valence-electron chi connectivity index (χ2n) is 7.63. The fraction of sp³-hybridized carbons (Fsp3) is 0.455. The van der Waals surface area contributed by atoms with Crippen molar-refractivity contribution in [2.45, 2.75) is 57.1 Å². The maximum Gasteiger partial charge on any atom is 0.222 e. The van der Waals surface area contributed by atoms with Gasteiger partial charge in [-0.15, -0.1) is 0 Å². The number of aromatic nitrogens is 2. The third-order valence-electron chi connectivity index (χ3n) is 5.69. The zero-order valence-electron chi connectivity index (χ0n) is 16.3. The van der Waals surface area contributed by atoms with E-state index in [4.69, 9.17) is 10.5 Å². The Morgan fingerprint density at radius 3 is 2.79 bits per heavy atom. The Morgan fingerprint density at radius 2 is 2.07 bits per heavy atom. The van der Waals surface area contributed by atoms with Crippen LogP contribution >= 0.6 is 0 Å². The number of allylic oxidation sites excluding steroid dienone is 1. The molecule has 2 aliphatic rings. The topological polar surface area (TPSA) is 93.3 Å². The molecule has 1 saturated carbocycles. The second-order valence-corrected chi connectivity index (χ2v) is 7.63. The summed E-state index contributed by atoms with van der Waals surface area (Å²) in [6, 6.07) is 6.51. The Kier molecular flexibility index (Phi) is 5.22. The molecule has 1 heterocycles. The van der Waals surface area contributed by atoms with Crippen molar-refractivity contribution in [3.05, 3.63) is 47.7 Å². The highest BCUT2D eigenvalue weighted by Crippen LogP contribution is 2.37. The summed E-state index contributed by atoms with van der Waals surface area (Å²) < 4.78 is 6.14. The monoisotopic (exact) mass is 380 g/mol. The number of aliphatic hydroxyl groups is 1. The van der Waals surface area contributed by atoms with E-state index >= 15 is 0 Å². The van der Waals surface area contributed by atoms with Crippen molar-refractivity contribution in [2.24, 2.45) is 0 Å². The lowest BCUT2D eigenvalue weighted by molar-refractivity contribution is -0.00438. The van der Waals surface area contributed by atoms with Crippen LogP contribution in [0, 0.1) is 0 Å². The quantitative estimate of drug-likeness (QED) is 0.702. The number of anilines is 2. The van der Waals surface area contributed by atoms with Gasteiger partial charge >= 0.3 is 0 Å². The van der Waals surface area contributed by atoms with Crippen LogP contribution in [0.2, 0.25) is 0 Å². The molecule has 6 heteroatoms. The molecule has 0 saturated heterocycles. The largest absolute Gasteiger partial charge is 0.508 e. The van der Waals surface area contributed by atoms with Crippen molar-refractivity contribution in [3.63, 3.8) is 0 Å². The minimum absolute atomic E-state index is 0.270. The SMILES string of the molecule is CCOC1(c2ccc3nc(N)nc(NC4CCCCC4)c3c2)C=CC(O)=CC1. The molecule has 1 aromatic heterocycles. The molecule has 4 N–H and O–H groups in total. The number of aliphatic hydroxyl groups excluding tert-OH is 1. The summed E-state index contributed by atoms with van der Waals surface area (Å²) in [5.41, 5.74) is 7.20. The van der Waals surface area contributed by atoms with Gasteiger partial charge < -0.3 is 20.9 Å². The number of hydrogen-bond donors (Lipinski definition) is 3. The van der Waals surface area contributed by atoms with Gasteiger partial charge in [0.25, 0.3) is 0 Å². The fourth-order valence-electron chi connectivity index (χ4n) is 4.23. The minimum atomic E-state index is -0.599. The molecule has 1 atom stereocenters. The zero-order chi connectivity index (χ0) is 19.6. The Balaban J connectivity index is 1.75. The third-order valence-corrected chi connectivity index (χ3v) is 5.69. The molecule has 0 amide bonds. The summed E-state index contributed by atoms with van der Waals surface area (Å²) in [4.78, 5) is 8.92. The first kappa shape index (κ1) is 18.7. The summed E-state index contributed by atoms with van der Waals surface area (Å²) in [6.45, 7) is 2.55. The van der Waals surface area contributed by atoms with Gasteiger partial charge in [-0.3, -0.25) is 0 Å². The van der Waals surface area contributed by atoms with E-state index in [1.807, 2.05) is 25.1 Å². The smallest absolute Gasteiger partial charge is 0.222 e. The highest BCUT2D eigenvalue weighted by molar-refractivity contribution is 5.90. The van der Waals surface area contributed by atoms with Crippen molar-refractivity contribution in [3.8, 4) is 0 Å². The standard InChI is InChI=1S/C22H28N4O2/c1-2-28-22(12-10-17(27)11-13-22)15-8-9-19-18(14-15)20(26-21(23)25-19)24-16-6-4-3-5-7-16/h8-12,14,16,27H,2-7,13H2,1H3,(H3,23,24,25,26). The molecular formula is C22H28N4O2. The van der Waals surface area contributed by atoms with Gasteiger partial charge in [-0.1, -0.05) is 25.3 Å². The molecule has 2 aliphatic carbocycles. The Labute approximate surface area is 165 Å². The van der Waals surface area contributed by atoms with Crippen LogP contribution in [0.3, 0.4) is 0 Å². The van der Waals surface area contributed by atoms with E-state index in [9.17, 15) is 5.11 Å². The van der Waals surface area contributed by atoms with Crippen molar-refractivity contribution < 1.29 is 9.84 Å². The van der Waals surface area contributed by atoms with Crippen LogP contribution in [0.1, 0.15) is 51.0 Å². The molecule has 148 valence electrons. The predicted octanol–water partition coefficient (Wildman–Crippen LogP) is 4.59. The number of benzene rings is 1. The first-order valence-electron chi connectivity index (χ1n) is 10.2. The summed E-state index contributed by atoms with van der Waals surface area (Å²) in [5, 5.41) is 14.3. The molecule has 1 fully saturated rings. The number of nitrogens with two attached hydrogens (primary N) is 1. The van der Waals surface area contributed by atoms with E-state index in [-0.39, 0.29) is 11.7 Å². The number of nitrogens with one attached hydrogen (secondary N) is 1. The van der Waals surface area contributed by atoms with E-state index in [1.54, 1.807) is 12.2 Å². The Hall–Kier alpha value is -2.60. The van der Waals surface area contributed by atoms with Crippen LogP contribution in [-0.2, 0) is 10.3 Å². The summed E-state index contributed by atoms with van der Waals surface area (Å²) in [5.74, 6) is 1.34. The summed E-state index contributed by atoms with van der Waals surface area (Å²) in [6.07, 6.45) is 12.1. The molecule has 0 aliphatic heterocycles. The number of fused-ring (bicyclic) bond motifs is 1. The summed E-state index contributed by atoms with van der Waals surface area (Å²) >= 11 is 0. The molecule has 0 spiro atoms. The van der Waals surface area contributed by atoms with Gasteiger partial charge in [0.15, 0.2) is 0 Å². The van der Waals surface area contributed by atoms with Gasteiger partial charge in [0.05, 0.1) is 5.52 Å². The molecular weight excluding hydrogens is 352 g/mol. The summed E-state index contributed by atoms with van der Waals surface area (Å²) in [7, 11) is 0. The van der Waals surface area contributed by atoms with E-state index in [0.717, 1.165) is 35.1 Å². The van der Waals surface area contributed by atoms with Gasteiger partial charge in [-0.25, -0.2) is 4.98 Å². The Morgan fingerprint density at radius 1 is 1.25 bits per heavy atom. The maximum atomic E-state index is 9.76. The third kappa shape index (κ3) is 3.69. The van der Waals surface area contributed by atoms with Gasteiger partial charge in [-0.2, -0.15) is 4.98 Å². The van der Waals surface area contributed by atoms with Gasteiger partial charge in [0, 0.05) is 24.5 Å². The molecule has 4 rings (SSSR count). The lowest BCUT2D eigenvalue weighted by Gasteiger charge is -2.32. The number of hydrogen-bond acceptors (Lipinski definition) is 6. The first-order chi connectivity index (χ1) is 13.6. The van der Waals surface area contributed by atoms with Crippen molar-refractivity contribution >= 4 is 22.7 Å². The van der Waals surface area contributed by atoms with E-state index < -0.39 is 5.60 Å². The molecule has 1 aromatic carbocycles. The van der Waals surface area contributed by atoms with Gasteiger partial charge in [0.1, 0.15) is 17.2 Å². The number of rotatable bonds is 5. The number of ether oxygens (including phenoxy) is 1. The molecule has 2 aromatic rings. The molecule has 0 bridgehead atoms.